The lowest BCUT2D eigenvalue weighted by molar-refractivity contribution is 0.0718. The lowest BCUT2D eigenvalue weighted by Gasteiger charge is -2.23. The SMILES string of the molecule is CCN(C)c1ccc(C(=O)N2CCCN(C(=O)c3cccc(C)c3)CC2)cc1. The van der Waals surface area contributed by atoms with Crippen LogP contribution in [0.5, 0.6) is 0 Å². The van der Waals surface area contributed by atoms with Crippen molar-refractivity contribution in [2.75, 3.05) is 44.7 Å². The maximum Gasteiger partial charge on any atom is 0.253 e. The molecule has 0 aromatic heterocycles. The summed E-state index contributed by atoms with van der Waals surface area (Å²) in [5.41, 5.74) is 3.60. The van der Waals surface area contributed by atoms with Gasteiger partial charge in [-0.3, -0.25) is 9.59 Å². The molecule has 2 amide bonds. The van der Waals surface area contributed by atoms with Gasteiger partial charge < -0.3 is 14.7 Å². The second kappa shape index (κ2) is 8.91. The van der Waals surface area contributed by atoms with Crippen molar-refractivity contribution in [3.8, 4) is 0 Å². The summed E-state index contributed by atoms with van der Waals surface area (Å²) in [5, 5.41) is 0. The van der Waals surface area contributed by atoms with Crippen LogP contribution in [-0.4, -0.2) is 61.4 Å². The molecule has 0 spiro atoms. The van der Waals surface area contributed by atoms with Crippen molar-refractivity contribution < 1.29 is 9.59 Å². The zero-order chi connectivity index (χ0) is 20.1. The van der Waals surface area contributed by atoms with Gasteiger partial charge in [-0.05, 0) is 56.7 Å². The number of aryl methyl sites for hydroxylation is 1. The molecule has 0 bridgehead atoms. The molecular weight excluding hydrogens is 350 g/mol. The van der Waals surface area contributed by atoms with Crippen LogP contribution in [0, 0.1) is 6.92 Å². The summed E-state index contributed by atoms with van der Waals surface area (Å²) in [7, 11) is 2.03. The van der Waals surface area contributed by atoms with Gasteiger partial charge in [0.25, 0.3) is 11.8 Å². The molecular formula is C23H29N3O2. The molecule has 0 aliphatic carbocycles. The van der Waals surface area contributed by atoms with Gasteiger partial charge in [0, 0.05) is 56.6 Å². The average Bonchev–Trinajstić information content (AvgIpc) is 2.98. The molecule has 0 atom stereocenters. The molecule has 0 N–H and O–H groups in total. The number of nitrogens with zero attached hydrogens (tertiary/aromatic N) is 3. The highest BCUT2D eigenvalue weighted by molar-refractivity contribution is 5.95. The first-order valence-electron chi connectivity index (χ1n) is 9.96. The van der Waals surface area contributed by atoms with Crippen molar-refractivity contribution in [3.05, 3.63) is 65.2 Å². The van der Waals surface area contributed by atoms with Gasteiger partial charge in [-0.1, -0.05) is 17.7 Å². The molecule has 0 radical (unpaired) electrons. The predicted molar refractivity (Wildman–Crippen MR) is 113 cm³/mol. The van der Waals surface area contributed by atoms with Crippen LogP contribution >= 0.6 is 0 Å². The van der Waals surface area contributed by atoms with Gasteiger partial charge in [-0.25, -0.2) is 0 Å². The molecule has 1 fully saturated rings. The number of hydrogen-bond donors (Lipinski definition) is 0. The summed E-state index contributed by atoms with van der Waals surface area (Å²) in [6.07, 6.45) is 0.792. The van der Waals surface area contributed by atoms with Crippen LogP contribution in [0.3, 0.4) is 0 Å². The third-order valence-electron chi connectivity index (χ3n) is 5.36. The molecule has 1 aliphatic heterocycles. The molecule has 1 heterocycles. The first-order valence-corrected chi connectivity index (χ1v) is 9.96. The Bertz CT molecular complexity index is 832. The molecule has 5 nitrogen and oxygen atoms in total. The number of carbonyl (C=O) groups is 2. The maximum absolute atomic E-state index is 12.9. The Balaban J connectivity index is 1.64. The van der Waals surface area contributed by atoms with Crippen LogP contribution in [0.1, 0.15) is 39.6 Å². The molecule has 28 heavy (non-hydrogen) atoms. The third kappa shape index (κ3) is 4.53. The van der Waals surface area contributed by atoms with E-state index in [1.807, 2.05) is 72.3 Å². The van der Waals surface area contributed by atoms with E-state index < -0.39 is 0 Å². The van der Waals surface area contributed by atoms with E-state index in [4.69, 9.17) is 0 Å². The van der Waals surface area contributed by atoms with E-state index in [2.05, 4.69) is 11.8 Å². The van der Waals surface area contributed by atoms with Crippen LogP contribution in [0.2, 0.25) is 0 Å². The Morgan fingerprint density at radius 2 is 1.50 bits per heavy atom. The number of carbonyl (C=O) groups excluding carboxylic acids is 2. The average molecular weight is 380 g/mol. The minimum absolute atomic E-state index is 0.0376. The van der Waals surface area contributed by atoms with Gasteiger partial charge in [-0.15, -0.1) is 0 Å². The first kappa shape index (κ1) is 19.9. The fraction of sp³-hybridized carbons (Fsp3) is 0.391. The number of anilines is 1. The Morgan fingerprint density at radius 1 is 0.893 bits per heavy atom. The van der Waals surface area contributed by atoms with Crippen molar-refractivity contribution >= 4 is 17.5 Å². The highest BCUT2D eigenvalue weighted by Gasteiger charge is 2.23. The quantitative estimate of drug-likeness (QED) is 0.817. The molecule has 1 saturated heterocycles. The molecule has 148 valence electrons. The Kier molecular flexibility index (Phi) is 6.34. The summed E-state index contributed by atoms with van der Waals surface area (Å²) >= 11 is 0. The second-order valence-electron chi connectivity index (χ2n) is 7.37. The minimum atomic E-state index is 0.0376. The summed E-state index contributed by atoms with van der Waals surface area (Å²) in [5.74, 6) is 0.0838. The van der Waals surface area contributed by atoms with Crippen molar-refractivity contribution in [1.82, 2.24) is 9.80 Å². The standard InChI is InChI=1S/C23H29N3O2/c1-4-24(3)21-11-9-19(10-12-21)22(27)25-13-6-14-26(16-15-25)23(28)20-8-5-7-18(2)17-20/h5,7-12,17H,4,6,13-16H2,1-3H3. The summed E-state index contributed by atoms with van der Waals surface area (Å²) in [4.78, 5) is 31.6. The number of hydrogen-bond acceptors (Lipinski definition) is 3. The van der Waals surface area contributed by atoms with E-state index in [9.17, 15) is 9.59 Å². The zero-order valence-corrected chi connectivity index (χ0v) is 17.0. The van der Waals surface area contributed by atoms with Gasteiger partial charge in [0.1, 0.15) is 0 Å². The topological polar surface area (TPSA) is 43.9 Å². The fourth-order valence-electron chi connectivity index (χ4n) is 3.51. The van der Waals surface area contributed by atoms with E-state index >= 15 is 0 Å². The lowest BCUT2D eigenvalue weighted by atomic mass is 10.1. The van der Waals surface area contributed by atoms with Gasteiger partial charge >= 0.3 is 0 Å². The van der Waals surface area contributed by atoms with Crippen molar-refractivity contribution in [2.45, 2.75) is 20.3 Å². The van der Waals surface area contributed by atoms with Gasteiger partial charge in [0.2, 0.25) is 0 Å². The highest BCUT2D eigenvalue weighted by atomic mass is 16.2. The molecule has 2 aromatic carbocycles. The molecule has 5 heteroatoms. The smallest absolute Gasteiger partial charge is 0.253 e. The Morgan fingerprint density at radius 3 is 2.07 bits per heavy atom. The van der Waals surface area contributed by atoms with Crippen LogP contribution in [0.15, 0.2) is 48.5 Å². The van der Waals surface area contributed by atoms with Gasteiger partial charge in [-0.2, -0.15) is 0 Å². The van der Waals surface area contributed by atoms with Crippen LogP contribution in [0.4, 0.5) is 5.69 Å². The molecule has 0 saturated carbocycles. The fourth-order valence-corrected chi connectivity index (χ4v) is 3.51. The Hall–Kier alpha value is -2.82. The first-order chi connectivity index (χ1) is 13.5. The van der Waals surface area contributed by atoms with Gasteiger partial charge in [0.05, 0.1) is 0 Å². The summed E-state index contributed by atoms with van der Waals surface area (Å²) in [6.45, 7) is 7.49. The van der Waals surface area contributed by atoms with Crippen LogP contribution in [0.25, 0.3) is 0 Å². The van der Waals surface area contributed by atoms with E-state index in [0.29, 0.717) is 31.7 Å². The van der Waals surface area contributed by atoms with E-state index in [1.165, 1.54) is 0 Å². The van der Waals surface area contributed by atoms with E-state index in [-0.39, 0.29) is 11.8 Å². The zero-order valence-electron chi connectivity index (χ0n) is 17.0. The third-order valence-corrected chi connectivity index (χ3v) is 5.36. The van der Waals surface area contributed by atoms with E-state index in [1.54, 1.807) is 0 Å². The molecule has 1 aliphatic rings. The number of amides is 2. The molecule has 3 rings (SSSR count). The number of benzene rings is 2. The predicted octanol–water partition coefficient (Wildman–Crippen LogP) is 3.44. The van der Waals surface area contributed by atoms with E-state index in [0.717, 1.165) is 29.8 Å². The lowest BCUT2D eigenvalue weighted by Crippen LogP contribution is -2.37. The highest BCUT2D eigenvalue weighted by Crippen LogP contribution is 2.17. The molecule has 2 aromatic rings. The molecule has 0 unspecified atom stereocenters. The minimum Gasteiger partial charge on any atom is -0.375 e. The summed E-state index contributed by atoms with van der Waals surface area (Å²) < 4.78 is 0. The Labute approximate surface area is 167 Å². The maximum atomic E-state index is 12.9. The van der Waals surface area contributed by atoms with Crippen molar-refractivity contribution in [3.63, 3.8) is 0 Å². The summed E-state index contributed by atoms with van der Waals surface area (Å²) in [6, 6.07) is 15.4. The monoisotopic (exact) mass is 379 g/mol. The van der Waals surface area contributed by atoms with Crippen LogP contribution < -0.4 is 4.90 Å². The van der Waals surface area contributed by atoms with Crippen molar-refractivity contribution in [1.29, 1.82) is 0 Å². The van der Waals surface area contributed by atoms with Crippen LogP contribution in [-0.2, 0) is 0 Å². The normalized spacial score (nSPS) is 14.5. The second-order valence-corrected chi connectivity index (χ2v) is 7.37. The van der Waals surface area contributed by atoms with Crippen molar-refractivity contribution in [2.24, 2.45) is 0 Å². The van der Waals surface area contributed by atoms with Gasteiger partial charge in [0.15, 0.2) is 0 Å². The largest absolute Gasteiger partial charge is 0.375 e. The number of rotatable bonds is 4.